The Morgan fingerprint density at radius 1 is 1.40 bits per heavy atom. The van der Waals surface area contributed by atoms with Gasteiger partial charge in [0.1, 0.15) is 5.82 Å². The molecule has 1 aromatic carbocycles. The minimum atomic E-state index is -0.185. The van der Waals surface area contributed by atoms with E-state index in [9.17, 15) is 4.39 Å². The molecule has 2 heterocycles. The third kappa shape index (κ3) is 3.18. The van der Waals surface area contributed by atoms with Crippen molar-refractivity contribution >= 4 is 11.8 Å². The van der Waals surface area contributed by atoms with Crippen LogP contribution in [0, 0.1) is 11.7 Å². The van der Waals surface area contributed by atoms with Crippen LogP contribution in [0.3, 0.4) is 0 Å². The van der Waals surface area contributed by atoms with Crippen molar-refractivity contribution in [1.29, 1.82) is 0 Å². The van der Waals surface area contributed by atoms with Crippen molar-refractivity contribution in [2.45, 2.75) is 37.3 Å². The van der Waals surface area contributed by atoms with E-state index in [4.69, 9.17) is 10.5 Å². The van der Waals surface area contributed by atoms with Gasteiger partial charge in [-0.25, -0.2) is 4.39 Å². The topological polar surface area (TPSA) is 35.2 Å². The maximum absolute atomic E-state index is 12.9. The van der Waals surface area contributed by atoms with Crippen LogP contribution in [-0.4, -0.2) is 29.8 Å². The fraction of sp³-hybridized carbons (Fsp3) is 0.625. The summed E-state index contributed by atoms with van der Waals surface area (Å²) in [6.07, 6.45) is 4.13. The van der Waals surface area contributed by atoms with E-state index >= 15 is 0 Å². The molecule has 0 amide bonds. The molecule has 3 unspecified atom stereocenters. The molecule has 0 aromatic heterocycles. The highest BCUT2D eigenvalue weighted by Crippen LogP contribution is 2.41. The summed E-state index contributed by atoms with van der Waals surface area (Å²) in [6, 6.07) is 6.86. The number of nitrogens with two attached hydrogens (primary N) is 1. The van der Waals surface area contributed by atoms with Crippen LogP contribution >= 0.6 is 11.8 Å². The Morgan fingerprint density at radius 3 is 2.90 bits per heavy atom. The van der Waals surface area contributed by atoms with Gasteiger partial charge < -0.3 is 10.5 Å². The molecule has 20 heavy (non-hydrogen) atoms. The fourth-order valence-electron chi connectivity index (χ4n) is 3.35. The molecule has 0 radical (unpaired) electrons. The second-order valence-electron chi connectivity index (χ2n) is 6.08. The average molecular weight is 295 g/mol. The van der Waals surface area contributed by atoms with Crippen molar-refractivity contribution < 1.29 is 9.13 Å². The number of thioether (sulfide) groups is 1. The Balaban J connectivity index is 1.61. The normalized spacial score (nSPS) is 31.6. The highest BCUT2D eigenvalue weighted by Gasteiger charge is 2.41. The Kier molecular flexibility index (Phi) is 4.34. The molecule has 0 aliphatic carbocycles. The second-order valence-corrected chi connectivity index (χ2v) is 7.19. The molecule has 0 saturated carbocycles. The molecular formula is C16H22FNOS. The van der Waals surface area contributed by atoms with Crippen LogP contribution in [0.5, 0.6) is 0 Å². The second kappa shape index (κ2) is 6.04. The molecule has 2 N–H and O–H groups in total. The lowest BCUT2D eigenvalue weighted by Gasteiger charge is -2.40. The van der Waals surface area contributed by atoms with Gasteiger partial charge in [0.25, 0.3) is 0 Å². The lowest BCUT2D eigenvalue weighted by atomic mass is 9.80. The third-order valence-corrected chi connectivity index (χ3v) is 5.81. The van der Waals surface area contributed by atoms with E-state index in [0.29, 0.717) is 5.92 Å². The fourth-order valence-corrected chi connectivity index (χ4v) is 4.73. The van der Waals surface area contributed by atoms with Gasteiger partial charge in [-0.05, 0) is 55.1 Å². The molecule has 2 saturated heterocycles. The Labute approximate surface area is 124 Å². The zero-order valence-electron chi connectivity index (χ0n) is 11.7. The Bertz CT molecular complexity index is 444. The van der Waals surface area contributed by atoms with Crippen LogP contribution in [0.2, 0.25) is 0 Å². The first-order chi connectivity index (χ1) is 9.67. The zero-order chi connectivity index (χ0) is 14.0. The van der Waals surface area contributed by atoms with Crippen LogP contribution in [0.4, 0.5) is 4.39 Å². The number of rotatable bonds is 3. The summed E-state index contributed by atoms with van der Waals surface area (Å²) in [5.74, 6) is 2.66. The summed E-state index contributed by atoms with van der Waals surface area (Å²) < 4.78 is 19.0. The summed E-state index contributed by atoms with van der Waals surface area (Å²) in [4.78, 5) is 0. The first kappa shape index (κ1) is 14.4. The highest BCUT2D eigenvalue weighted by molar-refractivity contribution is 7.99. The Hall–Kier alpha value is -0.580. The largest absolute Gasteiger partial charge is 0.374 e. The molecule has 0 bridgehead atoms. The quantitative estimate of drug-likeness (QED) is 0.931. The molecule has 3 rings (SSSR count). The molecule has 2 fully saturated rings. The summed E-state index contributed by atoms with van der Waals surface area (Å²) >= 11 is 1.99. The number of benzene rings is 1. The van der Waals surface area contributed by atoms with Gasteiger partial charge in [0.15, 0.2) is 0 Å². The molecule has 4 heteroatoms. The summed E-state index contributed by atoms with van der Waals surface area (Å²) in [7, 11) is 0. The van der Waals surface area contributed by atoms with Crippen molar-refractivity contribution in [3.63, 3.8) is 0 Å². The van der Waals surface area contributed by atoms with Crippen molar-refractivity contribution in [3.05, 3.63) is 35.6 Å². The van der Waals surface area contributed by atoms with E-state index in [-0.39, 0.29) is 17.5 Å². The Morgan fingerprint density at radius 2 is 2.20 bits per heavy atom. The number of ether oxygens (including phenoxy) is 1. The summed E-state index contributed by atoms with van der Waals surface area (Å²) in [6.45, 7) is 0.836. The van der Waals surface area contributed by atoms with Gasteiger partial charge in [0.05, 0.1) is 5.60 Å². The minimum absolute atomic E-state index is 0.0913. The maximum atomic E-state index is 12.9. The van der Waals surface area contributed by atoms with Gasteiger partial charge in [-0.3, -0.25) is 0 Å². The molecular weight excluding hydrogens is 273 g/mol. The van der Waals surface area contributed by atoms with E-state index < -0.39 is 0 Å². The summed E-state index contributed by atoms with van der Waals surface area (Å²) in [5, 5.41) is 0. The predicted octanol–water partition coefficient (Wildman–Crippen LogP) is 3.00. The van der Waals surface area contributed by atoms with Crippen LogP contribution < -0.4 is 5.73 Å². The number of hydrogen-bond donors (Lipinski definition) is 1. The smallest absolute Gasteiger partial charge is 0.123 e. The number of halogens is 1. The van der Waals surface area contributed by atoms with Crippen LogP contribution in [-0.2, 0) is 11.2 Å². The molecule has 3 atom stereocenters. The standard InChI is InChI=1S/C16H22FNOS/c17-14-3-1-12(2-4-14)9-15(18)13-5-7-19-16(10-13)6-8-20-11-16/h1-4,13,15H,5-11,18H2. The van der Waals surface area contributed by atoms with Crippen molar-refractivity contribution in [3.8, 4) is 0 Å². The minimum Gasteiger partial charge on any atom is -0.374 e. The maximum Gasteiger partial charge on any atom is 0.123 e. The molecule has 2 aliphatic heterocycles. The van der Waals surface area contributed by atoms with Crippen molar-refractivity contribution in [2.75, 3.05) is 18.1 Å². The van der Waals surface area contributed by atoms with E-state index in [1.165, 1.54) is 17.9 Å². The van der Waals surface area contributed by atoms with Crippen molar-refractivity contribution in [1.82, 2.24) is 0 Å². The van der Waals surface area contributed by atoms with Gasteiger partial charge in [-0.15, -0.1) is 0 Å². The SMILES string of the molecule is NC(Cc1ccc(F)cc1)C1CCOC2(CCSC2)C1. The average Bonchev–Trinajstić information content (AvgIpc) is 2.89. The van der Waals surface area contributed by atoms with Gasteiger partial charge in [0.2, 0.25) is 0 Å². The number of hydrogen-bond acceptors (Lipinski definition) is 3. The van der Waals surface area contributed by atoms with Crippen LogP contribution in [0.25, 0.3) is 0 Å². The van der Waals surface area contributed by atoms with Gasteiger partial charge in [0, 0.05) is 18.4 Å². The third-order valence-electron chi connectivity index (χ3n) is 4.59. The molecule has 2 nitrogen and oxygen atoms in total. The first-order valence-electron chi connectivity index (χ1n) is 7.39. The lowest BCUT2D eigenvalue weighted by molar-refractivity contribution is -0.0831. The highest BCUT2D eigenvalue weighted by atomic mass is 32.2. The monoisotopic (exact) mass is 295 g/mol. The predicted molar refractivity (Wildman–Crippen MR) is 81.4 cm³/mol. The van der Waals surface area contributed by atoms with Gasteiger partial charge in [-0.1, -0.05) is 12.1 Å². The molecule has 1 spiro atoms. The van der Waals surface area contributed by atoms with E-state index in [2.05, 4.69) is 0 Å². The van der Waals surface area contributed by atoms with Crippen molar-refractivity contribution in [2.24, 2.45) is 11.7 Å². The molecule has 2 aliphatic rings. The summed E-state index contributed by atoms with van der Waals surface area (Å²) in [5.41, 5.74) is 7.63. The molecule has 1 aromatic rings. The first-order valence-corrected chi connectivity index (χ1v) is 8.54. The van der Waals surface area contributed by atoms with E-state index in [1.807, 2.05) is 23.9 Å². The van der Waals surface area contributed by atoms with E-state index in [0.717, 1.165) is 43.6 Å². The van der Waals surface area contributed by atoms with Gasteiger partial charge in [-0.2, -0.15) is 11.8 Å². The van der Waals surface area contributed by atoms with Crippen LogP contribution in [0.15, 0.2) is 24.3 Å². The zero-order valence-corrected chi connectivity index (χ0v) is 12.5. The molecule has 110 valence electrons. The lowest BCUT2D eigenvalue weighted by Crippen LogP contribution is -2.46. The van der Waals surface area contributed by atoms with Crippen LogP contribution in [0.1, 0.15) is 24.8 Å². The van der Waals surface area contributed by atoms with Gasteiger partial charge >= 0.3 is 0 Å². The van der Waals surface area contributed by atoms with E-state index in [1.54, 1.807) is 0 Å².